The molecule has 2 aliphatic carbocycles. The maximum atomic E-state index is 8.44. The molecule has 2 saturated carbocycles. The first kappa shape index (κ1) is 14.5. The molecule has 0 aromatic heterocycles. The SMILES string of the molecule is OCC[C]1[CH][CH][CH][CH]1.[CH]1[CH][CH][CH][CH]1.[Fe+2]. The van der Waals surface area contributed by atoms with E-state index in [0.717, 1.165) is 6.42 Å². The molecule has 0 saturated heterocycles. The van der Waals surface area contributed by atoms with Crippen LogP contribution in [0.5, 0.6) is 0 Å². The smallest absolute Gasteiger partial charge is 0.396 e. The first-order valence-electron chi connectivity index (χ1n) is 4.41. The summed E-state index contributed by atoms with van der Waals surface area (Å²) in [6.07, 6.45) is 18.8. The molecular formula is C12H14FeO+2. The number of aliphatic hydroxyl groups is 1. The Morgan fingerprint density at radius 3 is 1.57 bits per heavy atom. The summed E-state index contributed by atoms with van der Waals surface area (Å²) in [5, 5.41) is 8.44. The fourth-order valence-corrected chi connectivity index (χ4v) is 1.03. The van der Waals surface area contributed by atoms with E-state index in [9.17, 15) is 0 Å². The molecule has 0 heterocycles. The van der Waals surface area contributed by atoms with Crippen molar-refractivity contribution in [2.24, 2.45) is 0 Å². The second-order valence-corrected chi connectivity index (χ2v) is 2.73. The Kier molecular flexibility index (Phi) is 10.4. The van der Waals surface area contributed by atoms with Crippen LogP contribution in [0, 0.1) is 63.7 Å². The average molecular weight is 230 g/mol. The van der Waals surface area contributed by atoms with Gasteiger partial charge in [0.15, 0.2) is 0 Å². The summed E-state index contributed by atoms with van der Waals surface area (Å²) in [6, 6.07) is 0. The van der Waals surface area contributed by atoms with Crippen molar-refractivity contribution in [1.29, 1.82) is 0 Å². The topological polar surface area (TPSA) is 20.2 Å². The van der Waals surface area contributed by atoms with Gasteiger partial charge in [-0.3, -0.25) is 0 Å². The molecular weight excluding hydrogens is 216 g/mol. The van der Waals surface area contributed by atoms with E-state index < -0.39 is 0 Å². The minimum atomic E-state index is 0. The van der Waals surface area contributed by atoms with Gasteiger partial charge >= 0.3 is 17.1 Å². The van der Waals surface area contributed by atoms with Gasteiger partial charge in [-0.15, -0.1) is 0 Å². The number of aliphatic hydroxyl groups excluding tert-OH is 1. The van der Waals surface area contributed by atoms with Gasteiger partial charge in [0, 0.05) is 6.61 Å². The maximum Gasteiger partial charge on any atom is 2.00 e. The Balaban J connectivity index is 0.000000246. The fraction of sp³-hybridized carbons (Fsp3) is 0.167. The normalized spacial score (nSPS) is 21.2. The molecule has 1 N–H and O–H groups in total. The zero-order valence-corrected chi connectivity index (χ0v) is 9.02. The van der Waals surface area contributed by atoms with Gasteiger partial charge in [-0.1, -0.05) is 0 Å². The van der Waals surface area contributed by atoms with Crippen molar-refractivity contribution < 1.29 is 22.2 Å². The van der Waals surface area contributed by atoms with Crippen LogP contribution in [0.3, 0.4) is 0 Å². The van der Waals surface area contributed by atoms with Gasteiger partial charge < -0.3 is 5.11 Å². The maximum absolute atomic E-state index is 8.44. The number of hydrogen-bond donors (Lipinski definition) is 1. The molecule has 0 spiro atoms. The summed E-state index contributed by atoms with van der Waals surface area (Å²) in [5.41, 5.74) is 0. The molecule has 0 bridgehead atoms. The van der Waals surface area contributed by atoms with E-state index in [4.69, 9.17) is 5.11 Å². The van der Waals surface area contributed by atoms with Crippen LogP contribution < -0.4 is 0 Å². The molecule has 0 aromatic rings. The van der Waals surface area contributed by atoms with Crippen LogP contribution in [0.15, 0.2) is 0 Å². The largest absolute Gasteiger partial charge is 2.00 e. The molecule has 74 valence electrons. The average Bonchev–Trinajstić information content (AvgIpc) is 2.79. The Hall–Kier alpha value is 0.479. The standard InChI is InChI=1S/C7H9O.C5H5.Fe/c8-6-5-7-3-1-2-4-7;1-2-4-5-3-1;/h1-4,8H,5-6H2;1-5H;/q;;+2. The minimum Gasteiger partial charge on any atom is -0.396 e. The molecule has 2 rings (SSSR count). The van der Waals surface area contributed by atoms with Crippen LogP contribution in [0.25, 0.3) is 0 Å². The summed E-state index contributed by atoms with van der Waals surface area (Å²) >= 11 is 0. The fourth-order valence-electron chi connectivity index (χ4n) is 1.03. The van der Waals surface area contributed by atoms with Gasteiger partial charge in [0.25, 0.3) is 0 Å². The summed E-state index contributed by atoms with van der Waals surface area (Å²) < 4.78 is 0. The first-order valence-corrected chi connectivity index (χ1v) is 4.41. The Labute approximate surface area is 99.1 Å². The molecule has 1 nitrogen and oxygen atoms in total. The van der Waals surface area contributed by atoms with E-state index in [1.807, 2.05) is 57.8 Å². The third-order valence-electron chi connectivity index (χ3n) is 1.69. The van der Waals surface area contributed by atoms with E-state index in [2.05, 4.69) is 0 Å². The summed E-state index contributed by atoms with van der Waals surface area (Å²) in [6.45, 7) is 0.254. The van der Waals surface area contributed by atoms with Crippen LogP contribution in [-0.2, 0) is 17.1 Å². The Morgan fingerprint density at radius 2 is 1.21 bits per heavy atom. The summed E-state index contributed by atoms with van der Waals surface area (Å²) in [5.74, 6) is 1.22. The van der Waals surface area contributed by atoms with Crippen molar-refractivity contribution in [1.82, 2.24) is 0 Å². The quantitative estimate of drug-likeness (QED) is 0.717. The predicted molar refractivity (Wildman–Crippen MR) is 53.6 cm³/mol. The van der Waals surface area contributed by atoms with Crippen LogP contribution >= 0.6 is 0 Å². The zero-order valence-electron chi connectivity index (χ0n) is 7.91. The van der Waals surface area contributed by atoms with Crippen molar-refractivity contribution in [2.75, 3.05) is 6.61 Å². The minimum absolute atomic E-state index is 0. The van der Waals surface area contributed by atoms with Crippen LogP contribution in [0.4, 0.5) is 0 Å². The molecule has 2 aliphatic rings. The van der Waals surface area contributed by atoms with Gasteiger partial charge in [0.05, 0.1) is 0 Å². The molecule has 0 amide bonds. The van der Waals surface area contributed by atoms with Crippen molar-refractivity contribution in [3.05, 3.63) is 63.7 Å². The van der Waals surface area contributed by atoms with Crippen molar-refractivity contribution in [2.45, 2.75) is 6.42 Å². The zero-order chi connectivity index (χ0) is 9.36. The third kappa shape index (κ3) is 6.86. The summed E-state index contributed by atoms with van der Waals surface area (Å²) in [4.78, 5) is 0. The first-order chi connectivity index (χ1) is 6.43. The van der Waals surface area contributed by atoms with E-state index in [1.165, 1.54) is 5.92 Å². The van der Waals surface area contributed by atoms with Gasteiger partial charge in [-0.05, 0) is 70.1 Å². The van der Waals surface area contributed by atoms with Crippen molar-refractivity contribution >= 4 is 0 Å². The molecule has 2 heteroatoms. The van der Waals surface area contributed by atoms with E-state index >= 15 is 0 Å². The predicted octanol–water partition coefficient (Wildman–Crippen LogP) is 1.79. The molecule has 10 radical (unpaired) electrons. The monoisotopic (exact) mass is 230 g/mol. The van der Waals surface area contributed by atoms with Crippen LogP contribution in [0.1, 0.15) is 6.42 Å². The third-order valence-corrected chi connectivity index (χ3v) is 1.69. The molecule has 0 atom stereocenters. The van der Waals surface area contributed by atoms with Crippen LogP contribution in [0.2, 0.25) is 0 Å². The van der Waals surface area contributed by atoms with E-state index in [-0.39, 0.29) is 23.7 Å². The molecule has 14 heavy (non-hydrogen) atoms. The van der Waals surface area contributed by atoms with Gasteiger partial charge in [-0.25, -0.2) is 0 Å². The van der Waals surface area contributed by atoms with Gasteiger partial charge in [0.1, 0.15) is 0 Å². The second-order valence-electron chi connectivity index (χ2n) is 2.73. The number of hydrogen-bond acceptors (Lipinski definition) is 1. The van der Waals surface area contributed by atoms with E-state index in [1.54, 1.807) is 0 Å². The molecule has 0 unspecified atom stereocenters. The number of rotatable bonds is 2. The second kappa shape index (κ2) is 10.0. The van der Waals surface area contributed by atoms with Gasteiger partial charge in [0.2, 0.25) is 0 Å². The van der Waals surface area contributed by atoms with Crippen molar-refractivity contribution in [3.63, 3.8) is 0 Å². The molecule has 0 aliphatic heterocycles. The van der Waals surface area contributed by atoms with E-state index in [0.29, 0.717) is 0 Å². The Morgan fingerprint density at radius 1 is 0.786 bits per heavy atom. The van der Waals surface area contributed by atoms with Gasteiger partial charge in [-0.2, -0.15) is 0 Å². The van der Waals surface area contributed by atoms with Crippen LogP contribution in [-0.4, -0.2) is 11.7 Å². The molecule has 2 fully saturated rings. The molecule has 0 aromatic carbocycles. The Bertz CT molecular complexity index is 99.3. The summed E-state index contributed by atoms with van der Waals surface area (Å²) in [7, 11) is 0. The van der Waals surface area contributed by atoms with Crippen molar-refractivity contribution in [3.8, 4) is 0 Å².